The lowest BCUT2D eigenvalue weighted by Crippen LogP contribution is -2.49. The molecule has 0 heterocycles. The third-order valence-corrected chi connectivity index (χ3v) is 8.28. The predicted octanol–water partition coefficient (Wildman–Crippen LogP) is 5.11. The Morgan fingerprint density at radius 3 is 2.82 bits per heavy atom. The minimum atomic E-state index is 0.359. The fourth-order valence-electron chi connectivity index (χ4n) is 7.08. The first-order valence-corrected chi connectivity index (χ1v) is 9.57. The fourth-order valence-corrected chi connectivity index (χ4v) is 7.08. The van der Waals surface area contributed by atoms with Gasteiger partial charge in [0, 0.05) is 12.0 Å². The largest absolute Gasteiger partial charge is 0.396 e. The maximum Gasteiger partial charge on any atom is 0.0433 e. The molecular weight excluding hydrogens is 268 g/mol. The van der Waals surface area contributed by atoms with Crippen LogP contribution in [0.4, 0.5) is 0 Å². The van der Waals surface area contributed by atoms with Crippen molar-refractivity contribution in [2.75, 3.05) is 6.61 Å². The third-order valence-electron chi connectivity index (χ3n) is 8.28. The van der Waals surface area contributed by atoms with Gasteiger partial charge in [0.25, 0.3) is 0 Å². The van der Waals surface area contributed by atoms with Gasteiger partial charge in [-0.2, -0.15) is 0 Å². The highest BCUT2D eigenvalue weighted by molar-refractivity contribution is 5.31. The van der Waals surface area contributed by atoms with Gasteiger partial charge in [-0.1, -0.05) is 37.6 Å². The Hall–Kier alpha value is -0.560. The van der Waals surface area contributed by atoms with Gasteiger partial charge < -0.3 is 5.11 Å². The molecule has 1 N–H and O–H groups in total. The molecule has 0 unspecified atom stereocenters. The molecule has 1 nitrogen and oxygen atoms in total. The summed E-state index contributed by atoms with van der Waals surface area (Å²) in [5.41, 5.74) is 2.61. The van der Waals surface area contributed by atoms with E-state index in [1.54, 1.807) is 5.57 Å². The van der Waals surface area contributed by atoms with E-state index < -0.39 is 0 Å². The average Bonchev–Trinajstić information content (AvgIpc) is 2.84. The number of fused-ring (bicyclic) bond motifs is 5. The highest BCUT2D eigenvalue weighted by Crippen LogP contribution is 2.66. The molecule has 0 bridgehead atoms. The van der Waals surface area contributed by atoms with Crippen LogP contribution in [0.1, 0.15) is 65.2 Å². The van der Waals surface area contributed by atoms with E-state index in [-0.39, 0.29) is 0 Å². The zero-order valence-corrected chi connectivity index (χ0v) is 14.4. The Labute approximate surface area is 135 Å². The summed E-state index contributed by atoms with van der Waals surface area (Å²) >= 11 is 0. The smallest absolute Gasteiger partial charge is 0.0433 e. The van der Waals surface area contributed by atoms with Crippen molar-refractivity contribution in [2.45, 2.75) is 65.2 Å². The molecule has 0 amide bonds. The van der Waals surface area contributed by atoms with Crippen LogP contribution in [0.15, 0.2) is 23.8 Å². The number of hydrogen-bond donors (Lipinski definition) is 1. The van der Waals surface area contributed by atoms with E-state index in [9.17, 15) is 5.11 Å². The first kappa shape index (κ1) is 15.0. The van der Waals surface area contributed by atoms with Crippen molar-refractivity contribution in [3.63, 3.8) is 0 Å². The zero-order valence-electron chi connectivity index (χ0n) is 14.4. The second-order valence-corrected chi connectivity index (χ2v) is 8.90. The van der Waals surface area contributed by atoms with Crippen LogP contribution in [0.3, 0.4) is 0 Å². The quantitative estimate of drug-likeness (QED) is 0.702. The topological polar surface area (TPSA) is 20.2 Å². The van der Waals surface area contributed by atoms with Crippen LogP contribution < -0.4 is 0 Å². The van der Waals surface area contributed by atoms with Crippen molar-refractivity contribution < 1.29 is 5.11 Å². The summed E-state index contributed by atoms with van der Waals surface area (Å²) < 4.78 is 0. The number of aliphatic hydroxyl groups is 1. The summed E-state index contributed by atoms with van der Waals surface area (Å²) in [6.07, 6.45) is 18.0. The summed E-state index contributed by atoms with van der Waals surface area (Å²) in [6.45, 7) is 5.47. The molecular formula is C21H32O. The van der Waals surface area contributed by atoms with E-state index >= 15 is 0 Å². The molecule has 0 aliphatic heterocycles. The lowest BCUT2D eigenvalue weighted by Gasteiger charge is -2.57. The fraction of sp³-hybridized carbons (Fsp3) is 0.810. The molecule has 0 spiro atoms. The van der Waals surface area contributed by atoms with Gasteiger partial charge in [0.1, 0.15) is 0 Å². The van der Waals surface area contributed by atoms with Crippen LogP contribution in [-0.4, -0.2) is 11.7 Å². The number of hydrogen-bond acceptors (Lipinski definition) is 1. The standard InChI is InChI=1S/C21H32O/c1-20-12-4-3-5-15(20)6-8-17-18-9-7-16(11-14-22)21(18,2)13-10-19(17)20/h4-5,12,16-19,22H,3,6-11,13-14H2,1-2H3/t16-,17+,18+,19+,20+,21-/m1/s1. The van der Waals surface area contributed by atoms with Crippen LogP contribution in [0.2, 0.25) is 0 Å². The Morgan fingerprint density at radius 1 is 1.14 bits per heavy atom. The summed E-state index contributed by atoms with van der Waals surface area (Å²) in [6, 6.07) is 0. The molecule has 22 heavy (non-hydrogen) atoms. The summed E-state index contributed by atoms with van der Waals surface area (Å²) in [5.74, 6) is 3.48. The maximum absolute atomic E-state index is 9.44. The predicted molar refractivity (Wildman–Crippen MR) is 91.4 cm³/mol. The van der Waals surface area contributed by atoms with Crippen LogP contribution in [0.25, 0.3) is 0 Å². The molecule has 0 aromatic carbocycles. The first-order chi connectivity index (χ1) is 10.6. The summed E-state index contributed by atoms with van der Waals surface area (Å²) in [4.78, 5) is 0. The molecule has 4 rings (SSSR count). The lowest BCUT2D eigenvalue weighted by atomic mass is 9.47. The van der Waals surface area contributed by atoms with Crippen LogP contribution >= 0.6 is 0 Å². The van der Waals surface area contributed by atoms with Gasteiger partial charge in [-0.25, -0.2) is 0 Å². The normalized spacial score (nSPS) is 50.0. The van der Waals surface area contributed by atoms with Crippen molar-refractivity contribution in [3.8, 4) is 0 Å². The van der Waals surface area contributed by atoms with E-state index in [4.69, 9.17) is 0 Å². The minimum Gasteiger partial charge on any atom is -0.396 e. The van der Waals surface area contributed by atoms with E-state index in [0.29, 0.717) is 17.4 Å². The molecule has 4 aliphatic rings. The van der Waals surface area contributed by atoms with E-state index in [2.05, 4.69) is 32.1 Å². The highest BCUT2D eigenvalue weighted by atomic mass is 16.3. The highest BCUT2D eigenvalue weighted by Gasteiger charge is 2.57. The molecule has 0 aromatic heterocycles. The summed E-state index contributed by atoms with van der Waals surface area (Å²) in [5, 5.41) is 9.44. The molecule has 3 fully saturated rings. The molecule has 3 saturated carbocycles. The SMILES string of the molecule is C[C@]12CC[C@H]3[C@@H](CCC4=CCC=C[C@@]43C)[C@@H]1CC[C@@H]2CCO. The van der Waals surface area contributed by atoms with Gasteiger partial charge in [-0.3, -0.25) is 0 Å². The van der Waals surface area contributed by atoms with Crippen molar-refractivity contribution >= 4 is 0 Å². The number of rotatable bonds is 2. The lowest BCUT2D eigenvalue weighted by molar-refractivity contribution is -0.0370. The Bertz CT molecular complexity index is 504. The van der Waals surface area contributed by atoms with E-state index in [1.165, 1.54) is 38.5 Å². The van der Waals surface area contributed by atoms with Crippen molar-refractivity contribution in [1.82, 2.24) is 0 Å². The second kappa shape index (κ2) is 5.23. The molecule has 4 aliphatic carbocycles. The molecule has 0 saturated heterocycles. The van der Waals surface area contributed by atoms with Crippen LogP contribution in [0, 0.1) is 34.5 Å². The van der Waals surface area contributed by atoms with Crippen LogP contribution in [0.5, 0.6) is 0 Å². The number of allylic oxidation sites excluding steroid dienone is 4. The average molecular weight is 300 g/mol. The van der Waals surface area contributed by atoms with E-state index in [1.807, 2.05) is 0 Å². The summed E-state index contributed by atoms with van der Waals surface area (Å²) in [7, 11) is 0. The third kappa shape index (κ3) is 1.94. The molecule has 1 heteroatoms. The first-order valence-electron chi connectivity index (χ1n) is 9.57. The van der Waals surface area contributed by atoms with Gasteiger partial charge in [0.05, 0.1) is 0 Å². The van der Waals surface area contributed by atoms with Gasteiger partial charge in [0.15, 0.2) is 0 Å². The molecule has 0 radical (unpaired) electrons. The van der Waals surface area contributed by atoms with Gasteiger partial charge in [0.2, 0.25) is 0 Å². The van der Waals surface area contributed by atoms with Gasteiger partial charge >= 0.3 is 0 Å². The zero-order chi connectivity index (χ0) is 15.4. The van der Waals surface area contributed by atoms with Gasteiger partial charge in [-0.05, 0) is 80.5 Å². The van der Waals surface area contributed by atoms with Crippen molar-refractivity contribution in [1.29, 1.82) is 0 Å². The van der Waals surface area contributed by atoms with Gasteiger partial charge in [-0.15, -0.1) is 0 Å². The molecule has 122 valence electrons. The maximum atomic E-state index is 9.44. The second-order valence-electron chi connectivity index (χ2n) is 8.90. The molecule has 0 aromatic rings. The minimum absolute atomic E-state index is 0.359. The Morgan fingerprint density at radius 2 is 2.00 bits per heavy atom. The van der Waals surface area contributed by atoms with Crippen LogP contribution in [-0.2, 0) is 0 Å². The Kier molecular flexibility index (Phi) is 3.56. The number of aliphatic hydroxyl groups excluding tert-OH is 1. The molecule has 6 atom stereocenters. The van der Waals surface area contributed by atoms with E-state index in [0.717, 1.165) is 36.5 Å². The monoisotopic (exact) mass is 300 g/mol. The van der Waals surface area contributed by atoms with Crippen molar-refractivity contribution in [3.05, 3.63) is 23.8 Å². The Balaban J connectivity index is 1.64. The van der Waals surface area contributed by atoms with Crippen molar-refractivity contribution in [2.24, 2.45) is 34.5 Å².